The predicted molar refractivity (Wildman–Crippen MR) is 94.5 cm³/mol. The Labute approximate surface area is 145 Å². The highest BCUT2D eigenvalue weighted by atomic mass is 32.2. The number of aromatic nitrogens is 2. The van der Waals surface area contributed by atoms with Crippen molar-refractivity contribution in [1.29, 1.82) is 0 Å². The molecule has 0 spiro atoms. The summed E-state index contributed by atoms with van der Waals surface area (Å²) in [6, 6.07) is 7.97. The van der Waals surface area contributed by atoms with Crippen LogP contribution in [0.3, 0.4) is 0 Å². The lowest BCUT2D eigenvalue weighted by molar-refractivity contribution is -0.383. The van der Waals surface area contributed by atoms with Crippen LogP contribution in [-0.4, -0.2) is 26.0 Å². The van der Waals surface area contributed by atoms with E-state index in [0.717, 1.165) is 10.2 Å². The summed E-state index contributed by atoms with van der Waals surface area (Å²) in [6.45, 7) is 1.73. The molecule has 1 N–H and O–H groups in total. The van der Waals surface area contributed by atoms with Gasteiger partial charge in [0.1, 0.15) is 21.9 Å². The molecule has 0 fully saturated rings. The monoisotopic (exact) mass is 360 g/mol. The molecule has 1 amide bonds. The minimum absolute atomic E-state index is 0.134. The zero-order chi connectivity index (χ0) is 17.1. The summed E-state index contributed by atoms with van der Waals surface area (Å²) in [7, 11) is 0. The van der Waals surface area contributed by atoms with Gasteiger partial charge in [0.05, 0.1) is 10.2 Å². The molecule has 0 aliphatic carbocycles. The van der Waals surface area contributed by atoms with E-state index >= 15 is 0 Å². The number of para-hydroxylation sites is 2. The Kier molecular flexibility index (Phi) is 4.72. The topological polar surface area (TPSA) is 98.0 Å². The summed E-state index contributed by atoms with van der Waals surface area (Å²) in [5.74, 6) is -0.323. The van der Waals surface area contributed by atoms with Crippen LogP contribution in [0.15, 0.2) is 47.1 Å². The van der Waals surface area contributed by atoms with Gasteiger partial charge in [-0.3, -0.25) is 14.9 Å². The fourth-order valence-electron chi connectivity index (χ4n) is 2.06. The number of benzene rings is 1. The van der Waals surface area contributed by atoms with Crippen LogP contribution in [-0.2, 0) is 4.79 Å². The van der Waals surface area contributed by atoms with Crippen LogP contribution in [0.2, 0.25) is 0 Å². The van der Waals surface area contributed by atoms with Crippen molar-refractivity contribution in [2.24, 2.45) is 0 Å². The largest absolute Gasteiger partial charge is 0.319 e. The standard InChI is InChI=1S/C15H12N4O3S2/c1-9(24-15-10-6-7-23-14(10)16-8-17-15)13(20)18-11-4-2-3-5-12(11)19(21)22/h2-9H,1H3,(H,18,20). The van der Waals surface area contributed by atoms with E-state index < -0.39 is 10.2 Å². The van der Waals surface area contributed by atoms with Crippen LogP contribution in [0.25, 0.3) is 10.2 Å². The zero-order valence-electron chi connectivity index (χ0n) is 12.5. The quantitative estimate of drug-likeness (QED) is 0.322. The molecular weight excluding hydrogens is 348 g/mol. The van der Waals surface area contributed by atoms with E-state index in [0.29, 0.717) is 5.03 Å². The first-order valence-electron chi connectivity index (χ1n) is 6.95. The van der Waals surface area contributed by atoms with Crippen molar-refractivity contribution in [2.45, 2.75) is 17.2 Å². The Morgan fingerprint density at radius 1 is 1.33 bits per heavy atom. The molecule has 0 saturated heterocycles. The smallest absolute Gasteiger partial charge is 0.292 e. The Balaban J connectivity index is 1.76. The van der Waals surface area contributed by atoms with Crippen LogP contribution in [0, 0.1) is 10.1 Å². The molecule has 2 heterocycles. The number of amides is 1. The summed E-state index contributed by atoms with van der Waals surface area (Å²) in [4.78, 5) is 32.1. The van der Waals surface area contributed by atoms with Crippen LogP contribution in [0.1, 0.15) is 6.92 Å². The molecule has 1 unspecified atom stereocenters. The van der Waals surface area contributed by atoms with E-state index in [2.05, 4.69) is 15.3 Å². The molecule has 9 heteroatoms. The summed E-state index contributed by atoms with van der Waals surface area (Å²) in [5.41, 5.74) is 0.0497. The maximum absolute atomic E-state index is 12.4. The molecule has 1 atom stereocenters. The summed E-state index contributed by atoms with van der Waals surface area (Å²) < 4.78 is 0. The fourth-order valence-corrected chi connectivity index (χ4v) is 3.75. The van der Waals surface area contributed by atoms with E-state index in [-0.39, 0.29) is 17.3 Å². The molecule has 2 aromatic heterocycles. The van der Waals surface area contributed by atoms with Crippen LogP contribution in [0.4, 0.5) is 11.4 Å². The maximum atomic E-state index is 12.4. The second-order valence-corrected chi connectivity index (χ2v) is 7.07. The van der Waals surface area contributed by atoms with Crippen molar-refractivity contribution in [3.63, 3.8) is 0 Å². The molecule has 7 nitrogen and oxygen atoms in total. The molecular formula is C15H12N4O3S2. The van der Waals surface area contributed by atoms with Gasteiger partial charge in [-0.1, -0.05) is 23.9 Å². The summed E-state index contributed by atoms with van der Waals surface area (Å²) in [6.07, 6.45) is 1.47. The Hall–Kier alpha value is -2.52. The fraction of sp³-hybridized carbons (Fsp3) is 0.133. The highest BCUT2D eigenvalue weighted by molar-refractivity contribution is 8.00. The number of nitrogens with one attached hydrogen (secondary N) is 1. The van der Waals surface area contributed by atoms with Gasteiger partial charge in [-0.15, -0.1) is 11.3 Å². The number of fused-ring (bicyclic) bond motifs is 1. The molecule has 122 valence electrons. The number of nitro benzene ring substituents is 1. The van der Waals surface area contributed by atoms with Crippen LogP contribution in [0.5, 0.6) is 0 Å². The summed E-state index contributed by atoms with van der Waals surface area (Å²) >= 11 is 2.80. The number of carbonyl (C=O) groups is 1. The predicted octanol–water partition coefficient (Wildman–Crippen LogP) is 3.72. The number of hydrogen-bond acceptors (Lipinski definition) is 7. The molecule has 24 heavy (non-hydrogen) atoms. The van der Waals surface area contributed by atoms with Gasteiger partial charge in [0, 0.05) is 11.5 Å². The van der Waals surface area contributed by atoms with Crippen LogP contribution < -0.4 is 5.32 Å². The van der Waals surface area contributed by atoms with Gasteiger partial charge < -0.3 is 5.32 Å². The third kappa shape index (κ3) is 3.36. The second-order valence-electron chi connectivity index (χ2n) is 4.84. The zero-order valence-corrected chi connectivity index (χ0v) is 14.1. The van der Waals surface area contributed by atoms with E-state index in [1.165, 1.54) is 41.6 Å². The minimum atomic E-state index is -0.521. The van der Waals surface area contributed by atoms with Crippen molar-refractivity contribution in [3.05, 3.63) is 52.2 Å². The van der Waals surface area contributed by atoms with Gasteiger partial charge >= 0.3 is 0 Å². The first kappa shape index (κ1) is 16.3. The lowest BCUT2D eigenvalue weighted by atomic mass is 10.2. The van der Waals surface area contributed by atoms with Crippen molar-refractivity contribution < 1.29 is 9.72 Å². The van der Waals surface area contributed by atoms with Gasteiger partial charge in [0.2, 0.25) is 5.91 Å². The molecule has 0 radical (unpaired) electrons. The van der Waals surface area contributed by atoms with Gasteiger partial charge in [0.25, 0.3) is 5.69 Å². The molecule has 0 saturated carbocycles. The Morgan fingerprint density at radius 3 is 2.92 bits per heavy atom. The molecule has 3 aromatic rings. The summed E-state index contributed by atoms with van der Waals surface area (Å²) in [5, 5.41) is 16.7. The van der Waals surface area contributed by atoms with Gasteiger partial charge in [0.15, 0.2) is 0 Å². The number of hydrogen-bond donors (Lipinski definition) is 1. The maximum Gasteiger partial charge on any atom is 0.292 e. The highest BCUT2D eigenvalue weighted by Crippen LogP contribution is 2.31. The average molecular weight is 360 g/mol. The lowest BCUT2D eigenvalue weighted by Crippen LogP contribution is -2.23. The van der Waals surface area contributed by atoms with Gasteiger partial charge in [-0.2, -0.15) is 0 Å². The molecule has 0 aliphatic heterocycles. The highest BCUT2D eigenvalue weighted by Gasteiger charge is 2.20. The SMILES string of the molecule is CC(Sc1ncnc2sccc12)C(=O)Nc1ccccc1[N+](=O)[O-]. The number of carbonyl (C=O) groups excluding carboxylic acids is 1. The van der Waals surface area contributed by atoms with Crippen molar-refractivity contribution in [2.75, 3.05) is 5.32 Å². The normalized spacial score (nSPS) is 12.0. The van der Waals surface area contributed by atoms with Gasteiger partial charge in [-0.25, -0.2) is 9.97 Å². The van der Waals surface area contributed by atoms with Gasteiger partial charge in [-0.05, 0) is 24.4 Å². The number of rotatable bonds is 5. The Morgan fingerprint density at radius 2 is 2.12 bits per heavy atom. The Bertz CT molecular complexity index is 912. The van der Waals surface area contributed by atoms with E-state index in [4.69, 9.17) is 0 Å². The van der Waals surface area contributed by atoms with Crippen molar-refractivity contribution >= 4 is 50.6 Å². The van der Waals surface area contributed by atoms with E-state index in [1.54, 1.807) is 19.1 Å². The van der Waals surface area contributed by atoms with Crippen LogP contribution >= 0.6 is 23.1 Å². The molecule has 3 rings (SSSR count). The van der Waals surface area contributed by atoms with E-state index in [9.17, 15) is 14.9 Å². The minimum Gasteiger partial charge on any atom is -0.319 e. The molecule has 0 bridgehead atoms. The average Bonchev–Trinajstić information content (AvgIpc) is 3.04. The van der Waals surface area contributed by atoms with Crippen molar-refractivity contribution in [3.8, 4) is 0 Å². The first-order chi connectivity index (χ1) is 11.6. The van der Waals surface area contributed by atoms with E-state index in [1.807, 2.05) is 11.4 Å². The number of nitrogens with zero attached hydrogens (tertiary/aromatic N) is 3. The lowest BCUT2D eigenvalue weighted by Gasteiger charge is -2.12. The second kappa shape index (κ2) is 6.93. The third-order valence-electron chi connectivity index (χ3n) is 3.24. The first-order valence-corrected chi connectivity index (χ1v) is 8.71. The third-order valence-corrected chi connectivity index (χ3v) is 5.18. The molecule has 0 aliphatic rings. The number of nitro groups is 1. The number of anilines is 1. The molecule has 1 aromatic carbocycles. The van der Waals surface area contributed by atoms with Crippen molar-refractivity contribution in [1.82, 2.24) is 9.97 Å². The number of thiophene rings is 1. The number of thioether (sulfide) groups is 1.